The number of carbonyl (C=O) groups is 3. The van der Waals surface area contributed by atoms with E-state index >= 15 is 0 Å². The van der Waals surface area contributed by atoms with E-state index in [-0.39, 0.29) is 42.4 Å². The molecule has 1 heterocycles. The molecule has 4 N–H and O–H groups in total. The van der Waals surface area contributed by atoms with Crippen molar-refractivity contribution < 1.29 is 14.4 Å². The topological polar surface area (TPSA) is 99.3 Å². The van der Waals surface area contributed by atoms with Gasteiger partial charge in [-0.15, -0.1) is 11.8 Å². The molecule has 3 amide bonds. The molecule has 32 heavy (non-hydrogen) atoms. The number of nitrogens with one attached hydrogen (secondary N) is 4. The third-order valence-electron chi connectivity index (χ3n) is 5.08. The minimum atomic E-state index is -0.391. The Labute approximate surface area is 193 Å². The Morgan fingerprint density at radius 3 is 2.03 bits per heavy atom. The standard InChI is InChI=1S/C24H30N4O3S/c29-21(25-13-11-18-7-3-1-4-8-18)15-20-16-22(30)28-24(27-20)32-17-23(31)26-14-12-19-9-5-2-6-10-19/h1-10,20,24,27H,11-17H2,(H,25,29)(H,26,31)(H,28,30). The smallest absolute Gasteiger partial charge is 0.230 e. The molecule has 170 valence electrons. The zero-order chi connectivity index (χ0) is 22.6. The molecule has 2 aromatic rings. The highest BCUT2D eigenvalue weighted by molar-refractivity contribution is 8.00. The first-order valence-corrected chi connectivity index (χ1v) is 11.9. The lowest BCUT2D eigenvalue weighted by Crippen LogP contribution is -2.56. The van der Waals surface area contributed by atoms with Crippen LogP contribution in [-0.2, 0) is 27.2 Å². The van der Waals surface area contributed by atoms with Gasteiger partial charge in [-0.25, -0.2) is 0 Å². The molecule has 2 unspecified atom stereocenters. The summed E-state index contributed by atoms with van der Waals surface area (Å²) in [5, 5.41) is 11.9. The van der Waals surface area contributed by atoms with E-state index in [2.05, 4.69) is 21.3 Å². The van der Waals surface area contributed by atoms with E-state index in [0.717, 1.165) is 12.8 Å². The summed E-state index contributed by atoms with van der Waals surface area (Å²) in [6, 6.07) is 19.7. The second kappa shape index (κ2) is 12.9. The van der Waals surface area contributed by atoms with Crippen molar-refractivity contribution in [1.82, 2.24) is 21.3 Å². The normalized spacial score (nSPS) is 17.9. The number of amides is 3. The van der Waals surface area contributed by atoms with Gasteiger partial charge in [-0.3, -0.25) is 19.7 Å². The van der Waals surface area contributed by atoms with Crippen LogP contribution in [0.2, 0.25) is 0 Å². The molecule has 0 bridgehead atoms. The first-order chi connectivity index (χ1) is 15.6. The minimum Gasteiger partial charge on any atom is -0.356 e. The van der Waals surface area contributed by atoms with Crippen LogP contribution < -0.4 is 21.3 Å². The van der Waals surface area contributed by atoms with Crippen molar-refractivity contribution in [3.05, 3.63) is 71.8 Å². The molecule has 0 radical (unpaired) electrons. The average molecular weight is 455 g/mol. The van der Waals surface area contributed by atoms with E-state index in [0.29, 0.717) is 13.1 Å². The SMILES string of the molecule is O=C(CSC1NC(=O)CC(CC(=O)NCCc2ccccc2)N1)NCCc1ccccc1. The zero-order valence-corrected chi connectivity index (χ0v) is 18.8. The molecule has 0 aromatic heterocycles. The average Bonchev–Trinajstić information content (AvgIpc) is 2.79. The Bertz CT molecular complexity index is 879. The third-order valence-corrected chi connectivity index (χ3v) is 6.10. The summed E-state index contributed by atoms with van der Waals surface area (Å²) >= 11 is 1.31. The lowest BCUT2D eigenvalue weighted by atomic mass is 10.1. The van der Waals surface area contributed by atoms with Crippen LogP contribution in [0.5, 0.6) is 0 Å². The Balaban J connectivity index is 1.32. The van der Waals surface area contributed by atoms with Crippen LogP contribution in [0.3, 0.4) is 0 Å². The Morgan fingerprint density at radius 1 is 0.875 bits per heavy atom. The fraction of sp³-hybridized carbons (Fsp3) is 0.375. The van der Waals surface area contributed by atoms with Crippen LogP contribution in [-0.4, -0.2) is 48.1 Å². The lowest BCUT2D eigenvalue weighted by molar-refractivity contribution is -0.125. The molecule has 8 heteroatoms. The van der Waals surface area contributed by atoms with Crippen LogP contribution in [0.4, 0.5) is 0 Å². The molecule has 1 fully saturated rings. The van der Waals surface area contributed by atoms with Gasteiger partial charge in [0.25, 0.3) is 0 Å². The number of thioether (sulfide) groups is 1. The van der Waals surface area contributed by atoms with Gasteiger partial charge in [0, 0.05) is 32.0 Å². The molecule has 1 aliphatic heterocycles. The first kappa shape index (κ1) is 23.8. The first-order valence-electron chi connectivity index (χ1n) is 10.9. The van der Waals surface area contributed by atoms with Crippen molar-refractivity contribution in [2.24, 2.45) is 0 Å². The van der Waals surface area contributed by atoms with Gasteiger partial charge in [-0.2, -0.15) is 0 Å². The van der Waals surface area contributed by atoms with Crippen molar-refractivity contribution >= 4 is 29.5 Å². The number of rotatable bonds is 11. The van der Waals surface area contributed by atoms with Crippen molar-refractivity contribution in [2.75, 3.05) is 18.8 Å². The third kappa shape index (κ3) is 8.72. The summed E-state index contributed by atoms with van der Waals surface area (Å²) in [5.41, 5.74) is 1.95. The predicted molar refractivity (Wildman–Crippen MR) is 127 cm³/mol. The highest BCUT2D eigenvalue weighted by Gasteiger charge is 2.27. The number of carbonyl (C=O) groups excluding carboxylic acids is 3. The molecule has 1 aliphatic rings. The van der Waals surface area contributed by atoms with Gasteiger partial charge < -0.3 is 16.0 Å². The lowest BCUT2D eigenvalue weighted by Gasteiger charge is -2.30. The van der Waals surface area contributed by atoms with E-state index in [4.69, 9.17) is 0 Å². The van der Waals surface area contributed by atoms with E-state index < -0.39 is 5.50 Å². The van der Waals surface area contributed by atoms with Crippen LogP contribution in [0, 0.1) is 0 Å². The molecular formula is C24H30N4O3S. The summed E-state index contributed by atoms with van der Waals surface area (Å²) < 4.78 is 0. The van der Waals surface area contributed by atoms with Crippen molar-refractivity contribution in [2.45, 2.75) is 37.2 Å². The Hall–Kier alpha value is -2.84. The van der Waals surface area contributed by atoms with Gasteiger partial charge in [0.05, 0.1) is 5.75 Å². The molecule has 2 atom stereocenters. The Morgan fingerprint density at radius 2 is 1.44 bits per heavy atom. The molecule has 7 nitrogen and oxygen atoms in total. The van der Waals surface area contributed by atoms with Gasteiger partial charge in [0.1, 0.15) is 5.50 Å². The number of hydrogen-bond acceptors (Lipinski definition) is 5. The second-order valence-electron chi connectivity index (χ2n) is 7.70. The van der Waals surface area contributed by atoms with Gasteiger partial charge in [0.2, 0.25) is 17.7 Å². The molecular weight excluding hydrogens is 424 g/mol. The maximum absolute atomic E-state index is 12.3. The van der Waals surface area contributed by atoms with Crippen molar-refractivity contribution in [3.63, 3.8) is 0 Å². The summed E-state index contributed by atoms with van der Waals surface area (Å²) in [5.74, 6) is -0.0611. The van der Waals surface area contributed by atoms with Gasteiger partial charge in [-0.1, -0.05) is 60.7 Å². The van der Waals surface area contributed by atoms with E-state index in [1.54, 1.807) is 0 Å². The molecule has 2 aromatic carbocycles. The Kier molecular flexibility index (Phi) is 9.59. The number of benzene rings is 2. The van der Waals surface area contributed by atoms with Crippen molar-refractivity contribution in [3.8, 4) is 0 Å². The highest BCUT2D eigenvalue weighted by Crippen LogP contribution is 2.14. The van der Waals surface area contributed by atoms with Gasteiger partial charge in [0.15, 0.2) is 0 Å². The van der Waals surface area contributed by atoms with Gasteiger partial charge in [-0.05, 0) is 24.0 Å². The van der Waals surface area contributed by atoms with Gasteiger partial charge >= 0.3 is 0 Å². The summed E-state index contributed by atoms with van der Waals surface area (Å²) in [7, 11) is 0. The minimum absolute atomic E-state index is 0.0808. The quantitative estimate of drug-likeness (QED) is 0.413. The summed E-state index contributed by atoms with van der Waals surface area (Å²) in [6.45, 7) is 1.13. The van der Waals surface area contributed by atoms with Crippen molar-refractivity contribution in [1.29, 1.82) is 0 Å². The van der Waals surface area contributed by atoms with E-state index in [1.807, 2.05) is 60.7 Å². The molecule has 0 aliphatic carbocycles. The van der Waals surface area contributed by atoms with Crippen LogP contribution >= 0.6 is 11.8 Å². The number of hydrogen-bond donors (Lipinski definition) is 4. The largest absolute Gasteiger partial charge is 0.356 e. The summed E-state index contributed by atoms with van der Waals surface area (Å²) in [6.07, 6.45) is 2.01. The van der Waals surface area contributed by atoms with Crippen LogP contribution in [0.15, 0.2) is 60.7 Å². The maximum atomic E-state index is 12.3. The predicted octanol–water partition coefficient (Wildman–Crippen LogP) is 1.59. The fourth-order valence-electron chi connectivity index (χ4n) is 3.45. The van der Waals surface area contributed by atoms with E-state index in [1.165, 1.54) is 22.9 Å². The molecule has 0 spiro atoms. The van der Waals surface area contributed by atoms with Crippen LogP contribution in [0.25, 0.3) is 0 Å². The second-order valence-corrected chi connectivity index (χ2v) is 8.79. The molecule has 0 saturated carbocycles. The highest BCUT2D eigenvalue weighted by atomic mass is 32.2. The molecule has 1 saturated heterocycles. The fourth-order valence-corrected chi connectivity index (χ4v) is 4.38. The maximum Gasteiger partial charge on any atom is 0.230 e. The van der Waals surface area contributed by atoms with E-state index in [9.17, 15) is 14.4 Å². The van der Waals surface area contributed by atoms with Crippen LogP contribution in [0.1, 0.15) is 24.0 Å². The monoisotopic (exact) mass is 454 g/mol. The molecule has 3 rings (SSSR count). The zero-order valence-electron chi connectivity index (χ0n) is 18.0. The summed E-state index contributed by atoms with van der Waals surface area (Å²) in [4.78, 5) is 36.4.